The van der Waals surface area contributed by atoms with E-state index in [9.17, 15) is 0 Å². The number of nitrogens with zero attached hydrogens (tertiary/aromatic N) is 1. The zero-order chi connectivity index (χ0) is 32.3. The summed E-state index contributed by atoms with van der Waals surface area (Å²) < 4.78 is 9.23. The van der Waals surface area contributed by atoms with Gasteiger partial charge in [-0.1, -0.05) is 121 Å². The number of hydrogen-bond donors (Lipinski definition) is 0. The van der Waals surface area contributed by atoms with Crippen LogP contribution in [0.4, 0.5) is 17.1 Å². The van der Waals surface area contributed by atoms with Crippen molar-refractivity contribution in [3.05, 3.63) is 176 Å². The molecular formula is C46H29NOS. The standard InChI is InChI=1S/C46H29NOS/c1-2-9-30(10-3-1)31-17-19-32(20-18-31)33-21-24-35(25-22-33)47(36-26-28-44-40(29-36)38-13-6-7-16-43(38)49-44)41-14-8-15-42-45(41)39-27-23-34-11-4-5-12-37(34)46(39)48-42/h1-29H. The average molecular weight is 644 g/mol. The van der Waals surface area contributed by atoms with Crippen LogP contribution in [-0.2, 0) is 0 Å². The van der Waals surface area contributed by atoms with Gasteiger partial charge in [-0.2, -0.15) is 0 Å². The molecule has 0 unspecified atom stereocenters. The Balaban J connectivity index is 1.15. The van der Waals surface area contributed by atoms with Gasteiger partial charge in [0, 0.05) is 42.3 Å². The van der Waals surface area contributed by atoms with Crippen molar-refractivity contribution in [2.75, 3.05) is 4.90 Å². The summed E-state index contributed by atoms with van der Waals surface area (Å²) in [4.78, 5) is 2.39. The van der Waals surface area contributed by atoms with E-state index in [0.29, 0.717) is 0 Å². The van der Waals surface area contributed by atoms with Crippen molar-refractivity contribution >= 4 is 81.3 Å². The van der Waals surface area contributed by atoms with Crippen molar-refractivity contribution in [2.45, 2.75) is 0 Å². The van der Waals surface area contributed by atoms with Crippen LogP contribution in [0.1, 0.15) is 0 Å². The highest BCUT2D eigenvalue weighted by Crippen LogP contribution is 2.46. The highest BCUT2D eigenvalue weighted by molar-refractivity contribution is 7.25. The van der Waals surface area contributed by atoms with Crippen molar-refractivity contribution in [1.29, 1.82) is 0 Å². The molecule has 0 saturated heterocycles. The summed E-state index contributed by atoms with van der Waals surface area (Å²) in [5.74, 6) is 0. The molecule has 2 aromatic heterocycles. The Morgan fingerprint density at radius 3 is 1.84 bits per heavy atom. The van der Waals surface area contributed by atoms with Crippen molar-refractivity contribution in [3.8, 4) is 22.3 Å². The number of thiophene rings is 1. The Bertz CT molecular complexity index is 2810. The normalized spacial score (nSPS) is 11.7. The van der Waals surface area contributed by atoms with Gasteiger partial charge in [-0.3, -0.25) is 0 Å². The van der Waals surface area contributed by atoms with Crippen LogP contribution >= 0.6 is 11.3 Å². The number of fused-ring (bicyclic) bond motifs is 8. The Kier molecular flexibility index (Phi) is 6.39. The molecule has 3 heteroatoms. The molecule has 2 nitrogen and oxygen atoms in total. The van der Waals surface area contributed by atoms with E-state index in [1.54, 1.807) is 0 Å². The second-order valence-corrected chi connectivity index (χ2v) is 13.6. The zero-order valence-corrected chi connectivity index (χ0v) is 27.3. The first-order valence-corrected chi connectivity index (χ1v) is 17.4. The monoisotopic (exact) mass is 643 g/mol. The molecule has 0 aliphatic carbocycles. The molecule has 0 aliphatic rings. The van der Waals surface area contributed by atoms with Gasteiger partial charge in [-0.15, -0.1) is 11.3 Å². The van der Waals surface area contributed by atoms with Gasteiger partial charge in [0.25, 0.3) is 0 Å². The van der Waals surface area contributed by atoms with Crippen LogP contribution in [0.2, 0.25) is 0 Å². The van der Waals surface area contributed by atoms with Crippen molar-refractivity contribution in [2.24, 2.45) is 0 Å². The molecular weight excluding hydrogens is 615 g/mol. The van der Waals surface area contributed by atoms with E-state index in [4.69, 9.17) is 4.42 Å². The Morgan fingerprint density at radius 1 is 0.408 bits per heavy atom. The van der Waals surface area contributed by atoms with Crippen molar-refractivity contribution < 1.29 is 4.42 Å². The Morgan fingerprint density at radius 2 is 1.04 bits per heavy atom. The molecule has 0 saturated carbocycles. The van der Waals surface area contributed by atoms with Crippen LogP contribution in [0.5, 0.6) is 0 Å². The first-order valence-electron chi connectivity index (χ1n) is 16.6. The second kappa shape index (κ2) is 11.2. The summed E-state index contributed by atoms with van der Waals surface area (Å²) in [7, 11) is 0. The quantitative estimate of drug-likeness (QED) is 0.186. The molecule has 49 heavy (non-hydrogen) atoms. The first kappa shape index (κ1) is 27.9. The second-order valence-electron chi connectivity index (χ2n) is 12.5. The van der Waals surface area contributed by atoms with Gasteiger partial charge in [0.1, 0.15) is 11.2 Å². The predicted molar refractivity (Wildman–Crippen MR) is 210 cm³/mol. The van der Waals surface area contributed by atoms with E-state index in [1.165, 1.54) is 47.8 Å². The molecule has 2 heterocycles. The summed E-state index contributed by atoms with van der Waals surface area (Å²) in [6.07, 6.45) is 0. The lowest BCUT2D eigenvalue weighted by Gasteiger charge is -2.26. The lowest BCUT2D eigenvalue weighted by atomic mass is 10.00. The third-order valence-corrected chi connectivity index (χ3v) is 10.8. The van der Waals surface area contributed by atoms with Gasteiger partial charge in [0.2, 0.25) is 0 Å². The highest BCUT2D eigenvalue weighted by Gasteiger charge is 2.21. The topological polar surface area (TPSA) is 16.4 Å². The fraction of sp³-hybridized carbons (Fsp3) is 0. The van der Waals surface area contributed by atoms with Crippen molar-refractivity contribution in [3.63, 3.8) is 0 Å². The molecule has 0 amide bonds. The number of rotatable bonds is 5. The maximum Gasteiger partial charge on any atom is 0.143 e. The molecule has 10 aromatic rings. The molecule has 0 bridgehead atoms. The molecule has 10 rings (SSSR count). The van der Waals surface area contributed by atoms with Gasteiger partial charge in [-0.25, -0.2) is 0 Å². The average Bonchev–Trinajstić information content (AvgIpc) is 3.75. The predicted octanol–water partition coefficient (Wildman–Crippen LogP) is 13.9. The number of hydrogen-bond acceptors (Lipinski definition) is 3. The molecule has 0 spiro atoms. The summed E-state index contributed by atoms with van der Waals surface area (Å²) in [6, 6.07) is 63.2. The zero-order valence-electron chi connectivity index (χ0n) is 26.5. The lowest BCUT2D eigenvalue weighted by molar-refractivity contribution is 0.672. The molecule has 0 N–H and O–H groups in total. The first-order chi connectivity index (χ1) is 24.3. The van der Waals surface area contributed by atoms with E-state index >= 15 is 0 Å². The fourth-order valence-electron chi connectivity index (χ4n) is 7.29. The smallest absolute Gasteiger partial charge is 0.143 e. The van der Waals surface area contributed by atoms with E-state index in [1.807, 2.05) is 11.3 Å². The molecule has 8 aromatic carbocycles. The minimum absolute atomic E-state index is 0.881. The van der Waals surface area contributed by atoms with Crippen LogP contribution in [0, 0.1) is 0 Å². The van der Waals surface area contributed by atoms with E-state index < -0.39 is 0 Å². The van der Waals surface area contributed by atoms with Crippen LogP contribution in [0.25, 0.3) is 75.1 Å². The minimum Gasteiger partial charge on any atom is -0.455 e. The summed E-state index contributed by atoms with van der Waals surface area (Å²) in [5, 5.41) is 7.09. The Hall–Kier alpha value is -6.16. The lowest BCUT2D eigenvalue weighted by Crippen LogP contribution is -2.10. The van der Waals surface area contributed by atoms with E-state index in [2.05, 4.69) is 181 Å². The van der Waals surface area contributed by atoms with Crippen LogP contribution in [-0.4, -0.2) is 0 Å². The molecule has 0 radical (unpaired) electrons. The fourth-order valence-corrected chi connectivity index (χ4v) is 8.38. The van der Waals surface area contributed by atoms with Crippen LogP contribution in [0.15, 0.2) is 180 Å². The SMILES string of the molecule is c1ccc(-c2ccc(-c3ccc(N(c4ccc5sc6ccccc6c5c4)c4cccc5oc6c7ccccc7ccc6c45)cc3)cc2)cc1. The van der Waals surface area contributed by atoms with Crippen LogP contribution in [0.3, 0.4) is 0 Å². The van der Waals surface area contributed by atoms with E-state index in [-0.39, 0.29) is 0 Å². The highest BCUT2D eigenvalue weighted by atomic mass is 32.1. The Labute approximate surface area is 287 Å². The van der Waals surface area contributed by atoms with Gasteiger partial charge in [-0.05, 0) is 82.2 Å². The maximum absolute atomic E-state index is 6.64. The van der Waals surface area contributed by atoms with Gasteiger partial charge >= 0.3 is 0 Å². The molecule has 230 valence electrons. The number of furan rings is 1. The molecule has 0 atom stereocenters. The summed E-state index contributed by atoms with van der Waals surface area (Å²) in [6.45, 7) is 0. The summed E-state index contributed by atoms with van der Waals surface area (Å²) in [5.41, 5.74) is 9.91. The third kappa shape index (κ3) is 4.62. The van der Waals surface area contributed by atoms with Crippen molar-refractivity contribution in [1.82, 2.24) is 0 Å². The summed E-state index contributed by atoms with van der Waals surface area (Å²) >= 11 is 1.85. The number of benzene rings is 8. The third-order valence-electron chi connectivity index (χ3n) is 9.68. The van der Waals surface area contributed by atoms with Gasteiger partial charge in [0.05, 0.1) is 11.1 Å². The molecule has 0 aliphatic heterocycles. The number of anilines is 3. The minimum atomic E-state index is 0.881. The van der Waals surface area contributed by atoms with Crippen LogP contribution < -0.4 is 4.90 Å². The van der Waals surface area contributed by atoms with Gasteiger partial charge < -0.3 is 9.32 Å². The van der Waals surface area contributed by atoms with Gasteiger partial charge in [0.15, 0.2) is 0 Å². The largest absolute Gasteiger partial charge is 0.455 e. The van der Waals surface area contributed by atoms with E-state index in [0.717, 1.165) is 44.4 Å². The maximum atomic E-state index is 6.64. The molecule has 0 fully saturated rings.